The smallest absolute Gasteiger partial charge is 0.264 e. The monoisotopic (exact) mass is 419 g/mol. The largest absolute Gasteiger partial charge is 0.369 e. The zero-order valence-electron chi connectivity index (χ0n) is 18.5. The minimum atomic E-state index is -0.0873. The third-order valence-corrected chi connectivity index (χ3v) is 7.21. The quantitative estimate of drug-likeness (QED) is 0.615. The number of rotatable bonds is 2. The first kappa shape index (κ1) is 20.7. The summed E-state index contributed by atoms with van der Waals surface area (Å²) in [6.45, 7) is 11.0. The van der Waals surface area contributed by atoms with Gasteiger partial charge < -0.3 is 10.2 Å². The molecule has 0 bridgehead atoms. The Balaban J connectivity index is 1.67. The van der Waals surface area contributed by atoms with Crippen molar-refractivity contribution in [2.24, 2.45) is 4.99 Å². The lowest BCUT2D eigenvalue weighted by Gasteiger charge is -2.45. The van der Waals surface area contributed by atoms with Crippen molar-refractivity contribution in [2.45, 2.75) is 52.5 Å². The van der Waals surface area contributed by atoms with E-state index in [1.165, 1.54) is 28.6 Å². The molecule has 2 aromatic carbocycles. The van der Waals surface area contributed by atoms with Gasteiger partial charge in [0.05, 0.1) is 10.6 Å². The molecule has 0 unspecified atom stereocenters. The van der Waals surface area contributed by atoms with Crippen molar-refractivity contribution in [1.29, 1.82) is 0 Å². The van der Waals surface area contributed by atoms with Crippen LogP contribution in [0, 0.1) is 13.8 Å². The highest BCUT2D eigenvalue weighted by Crippen LogP contribution is 2.44. The molecule has 4 rings (SSSR count). The van der Waals surface area contributed by atoms with Crippen LogP contribution in [0.4, 0.5) is 11.4 Å². The summed E-state index contributed by atoms with van der Waals surface area (Å²) in [6.07, 6.45) is 3.11. The molecule has 30 heavy (non-hydrogen) atoms. The fraction of sp³-hybridized carbons (Fsp3) is 0.360. The molecule has 2 heterocycles. The van der Waals surface area contributed by atoms with E-state index in [-0.39, 0.29) is 11.4 Å². The van der Waals surface area contributed by atoms with E-state index in [9.17, 15) is 4.79 Å². The Morgan fingerprint density at radius 3 is 2.67 bits per heavy atom. The van der Waals surface area contributed by atoms with Crippen molar-refractivity contribution in [3.8, 4) is 0 Å². The summed E-state index contributed by atoms with van der Waals surface area (Å²) in [5.41, 5.74) is 7.03. The number of fused-ring (bicyclic) bond motifs is 1. The van der Waals surface area contributed by atoms with Crippen LogP contribution in [0.15, 0.2) is 46.3 Å². The summed E-state index contributed by atoms with van der Waals surface area (Å²) < 4.78 is 0. The average molecular weight is 420 g/mol. The summed E-state index contributed by atoms with van der Waals surface area (Å²) in [5, 5.41) is 3.54. The third-order valence-electron chi connectivity index (χ3n) is 6.30. The second kappa shape index (κ2) is 7.62. The molecule has 1 amide bonds. The van der Waals surface area contributed by atoms with Crippen LogP contribution in [0.5, 0.6) is 0 Å². The second-order valence-corrected chi connectivity index (χ2v) is 10.0. The average Bonchev–Trinajstić information content (AvgIpc) is 3.02. The molecule has 0 aliphatic carbocycles. The highest BCUT2D eigenvalue weighted by atomic mass is 32.2. The van der Waals surface area contributed by atoms with E-state index in [0.29, 0.717) is 16.0 Å². The number of nitrogens with zero attached hydrogens (tertiary/aromatic N) is 2. The number of amidine groups is 1. The molecule has 0 spiro atoms. The number of thioether (sulfide) groups is 1. The van der Waals surface area contributed by atoms with Gasteiger partial charge in [-0.05, 0) is 98.3 Å². The lowest BCUT2D eigenvalue weighted by atomic mass is 9.79. The topological polar surface area (TPSA) is 44.7 Å². The molecule has 5 heteroatoms. The van der Waals surface area contributed by atoms with E-state index in [2.05, 4.69) is 62.1 Å². The molecular formula is C25H29N3OS. The Bertz CT molecular complexity index is 1080. The van der Waals surface area contributed by atoms with Crippen LogP contribution >= 0.6 is 11.8 Å². The first-order valence-electron chi connectivity index (χ1n) is 10.4. The van der Waals surface area contributed by atoms with Gasteiger partial charge in [-0.15, -0.1) is 0 Å². The lowest BCUT2D eigenvalue weighted by molar-refractivity contribution is -0.115. The highest BCUT2D eigenvalue weighted by Gasteiger charge is 2.34. The van der Waals surface area contributed by atoms with Crippen molar-refractivity contribution >= 4 is 40.3 Å². The van der Waals surface area contributed by atoms with Gasteiger partial charge in [0.15, 0.2) is 5.17 Å². The Labute approximate surface area is 183 Å². The zero-order chi connectivity index (χ0) is 21.6. The van der Waals surface area contributed by atoms with E-state index in [0.717, 1.165) is 23.2 Å². The summed E-state index contributed by atoms with van der Waals surface area (Å²) in [5.74, 6) is 0.392. The van der Waals surface area contributed by atoms with Gasteiger partial charge in [-0.2, -0.15) is 0 Å². The minimum Gasteiger partial charge on any atom is -0.369 e. The predicted octanol–water partition coefficient (Wildman–Crippen LogP) is 5.92. The second-order valence-electron chi connectivity index (χ2n) is 9.01. The van der Waals surface area contributed by atoms with Gasteiger partial charge in [0.2, 0.25) is 0 Å². The Hall–Kier alpha value is -2.53. The summed E-state index contributed by atoms with van der Waals surface area (Å²) in [7, 11) is 2.18. The molecule has 2 aromatic rings. The Morgan fingerprint density at radius 2 is 1.93 bits per heavy atom. The molecule has 0 radical (unpaired) electrons. The molecule has 4 nitrogen and oxygen atoms in total. The van der Waals surface area contributed by atoms with E-state index in [4.69, 9.17) is 0 Å². The van der Waals surface area contributed by atoms with Gasteiger partial charge in [0, 0.05) is 18.3 Å². The van der Waals surface area contributed by atoms with Gasteiger partial charge in [-0.25, -0.2) is 4.99 Å². The van der Waals surface area contributed by atoms with Crippen molar-refractivity contribution in [2.75, 3.05) is 11.9 Å². The fourth-order valence-corrected chi connectivity index (χ4v) is 5.14. The number of aryl methyl sites for hydroxylation is 2. The number of nitrogens with one attached hydrogen (secondary N) is 1. The van der Waals surface area contributed by atoms with Crippen LogP contribution in [0.3, 0.4) is 0 Å². The SMILES string of the molecule is Cc1cc2c(cc1/C=C1\SC(=Nc3ccccc3C)NC1=O)[C@H](C)CC(C)(C)N2C. The number of para-hydroxylation sites is 1. The number of aliphatic imine (C=N–C) groups is 1. The van der Waals surface area contributed by atoms with E-state index in [1.807, 2.05) is 37.3 Å². The van der Waals surface area contributed by atoms with Crippen molar-refractivity contribution in [1.82, 2.24) is 5.32 Å². The molecule has 2 aliphatic heterocycles. The van der Waals surface area contributed by atoms with Gasteiger partial charge in [-0.3, -0.25) is 4.79 Å². The summed E-state index contributed by atoms with van der Waals surface area (Å²) in [4.78, 5) is 20.3. The van der Waals surface area contributed by atoms with Gasteiger partial charge >= 0.3 is 0 Å². The maximum atomic E-state index is 12.6. The Kier molecular flexibility index (Phi) is 5.27. The number of hydrogen-bond donors (Lipinski definition) is 1. The molecule has 0 aromatic heterocycles. The maximum absolute atomic E-state index is 12.6. The minimum absolute atomic E-state index is 0.0873. The number of carbonyl (C=O) groups excluding carboxylic acids is 1. The van der Waals surface area contributed by atoms with E-state index < -0.39 is 0 Å². The van der Waals surface area contributed by atoms with Gasteiger partial charge in [0.1, 0.15) is 0 Å². The number of amides is 1. The molecule has 156 valence electrons. The standard InChI is InChI=1S/C25H29N3OS/c1-15-9-7-8-10-20(15)26-24-27-23(29)22(30-24)13-18-12-19-17(3)14-25(4,5)28(6)21(19)11-16(18)2/h7-13,17H,14H2,1-6H3,(H,26,27,29)/b22-13-/t17-/m1/s1. The van der Waals surface area contributed by atoms with Gasteiger partial charge in [-0.1, -0.05) is 25.1 Å². The maximum Gasteiger partial charge on any atom is 0.264 e. The summed E-state index contributed by atoms with van der Waals surface area (Å²) >= 11 is 1.40. The lowest BCUT2D eigenvalue weighted by Crippen LogP contribution is -2.45. The first-order chi connectivity index (χ1) is 14.2. The third kappa shape index (κ3) is 3.79. The normalized spacial score (nSPS) is 23.1. The fourth-order valence-electron chi connectivity index (χ4n) is 4.31. The van der Waals surface area contributed by atoms with Crippen LogP contribution in [0.25, 0.3) is 6.08 Å². The molecule has 1 saturated heterocycles. The Morgan fingerprint density at radius 1 is 1.20 bits per heavy atom. The number of hydrogen-bond acceptors (Lipinski definition) is 4. The van der Waals surface area contributed by atoms with Crippen LogP contribution in [0.2, 0.25) is 0 Å². The van der Waals surface area contributed by atoms with Crippen LogP contribution < -0.4 is 10.2 Å². The van der Waals surface area contributed by atoms with E-state index in [1.54, 1.807) is 0 Å². The van der Waals surface area contributed by atoms with Crippen LogP contribution in [-0.4, -0.2) is 23.7 Å². The molecule has 1 atom stereocenters. The molecule has 0 saturated carbocycles. The first-order valence-corrected chi connectivity index (χ1v) is 11.2. The molecular weight excluding hydrogens is 390 g/mol. The van der Waals surface area contributed by atoms with Crippen LogP contribution in [-0.2, 0) is 4.79 Å². The van der Waals surface area contributed by atoms with Crippen molar-refractivity contribution in [3.05, 3.63) is 63.6 Å². The molecule has 2 aliphatic rings. The summed E-state index contributed by atoms with van der Waals surface area (Å²) in [6, 6.07) is 12.5. The highest BCUT2D eigenvalue weighted by molar-refractivity contribution is 8.18. The number of carbonyl (C=O) groups is 1. The molecule has 1 fully saturated rings. The van der Waals surface area contributed by atoms with E-state index >= 15 is 0 Å². The van der Waals surface area contributed by atoms with Crippen LogP contribution in [0.1, 0.15) is 55.4 Å². The van der Waals surface area contributed by atoms with Crippen molar-refractivity contribution < 1.29 is 4.79 Å². The predicted molar refractivity (Wildman–Crippen MR) is 129 cm³/mol. The number of anilines is 1. The zero-order valence-corrected chi connectivity index (χ0v) is 19.4. The van der Waals surface area contributed by atoms with Gasteiger partial charge in [0.25, 0.3) is 5.91 Å². The van der Waals surface area contributed by atoms with Crippen molar-refractivity contribution in [3.63, 3.8) is 0 Å². The molecule has 1 N–H and O–H groups in total. The number of benzene rings is 2.